The lowest BCUT2D eigenvalue weighted by Gasteiger charge is -2.08. The van der Waals surface area contributed by atoms with Crippen LogP contribution in [0.25, 0.3) is 10.8 Å². The summed E-state index contributed by atoms with van der Waals surface area (Å²) >= 11 is 6.00. The number of guanidine groups is 1. The van der Waals surface area contributed by atoms with Crippen LogP contribution >= 0.6 is 11.6 Å². The number of carbonyl (C=O) groups is 1. The smallest absolute Gasteiger partial charge is 0.254 e. The molecule has 1 aliphatic rings. The molecule has 0 bridgehead atoms. The van der Waals surface area contributed by atoms with E-state index in [1.54, 1.807) is 22.8 Å². The number of amides is 1. The fraction of sp³-hybridized carbons (Fsp3) is 0.333. The Labute approximate surface area is 132 Å². The molecule has 22 heavy (non-hydrogen) atoms. The molecular formula is C15H17ClN4O2. The Morgan fingerprint density at radius 2 is 2.09 bits per heavy atom. The van der Waals surface area contributed by atoms with Gasteiger partial charge in [-0.25, -0.2) is 0 Å². The number of hydrogen-bond acceptors (Lipinski definition) is 2. The van der Waals surface area contributed by atoms with Crippen molar-refractivity contribution in [3.8, 4) is 5.88 Å². The first-order valence-corrected chi connectivity index (χ1v) is 7.45. The highest BCUT2D eigenvalue weighted by molar-refractivity contribution is 6.31. The second-order valence-electron chi connectivity index (χ2n) is 5.62. The molecule has 0 radical (unpaired) electrons. The Morgan fingerprint density at radius 3 is 2.73 bits per heavy atom. The first-order valence-electron chi connectivity index (χ1n) is 7.07. The van der Waals surface area contributed by atoms with Gasteiger partial charge in [-0.05, 0) is 30.9 Å². The number of benzene rings is 1. The number of nitrogens with two attached hydrogens (primary N) is 2. The Hall–Kier alpha value is -2.21. The number of aromatic nitrogens is 1. The maximum absolute atomic E-state index is 11.9. The summed E-state index contributed by atoms with van der Waals surface area (Å²) in [6.07, 6.45) is 2.30. The number of rotatable bonds is 4. The van der Waals surface area contributed by atoms with E-state index in [0.29, 0.717) is 28.6 Å². The molecule has 1 aromatic carbocycles. The molecule has 5 N–H and O–H groups in total. The minimum absolute atomic E-state index is 0.0311. The monoisotopic (exact) mass is 320 g/mol. The lowest BCUT2D eigenvalue weighted by Crippen LogP contribution is -2.24. The van der Waals surface area contributed by atoms with Crippen molar-refractivity contribution in [2.45, 2.75) is 25.8 Å². The van der Waals surface area contributed by atoms with Crippen molar-refractivity contribution in [1.29, 1.82) is 0 Å². The van der Waals surface area contributed by atoms with Crippen LogP contribution in [0.2, 0.25) is 5.02 Å². The second kappa shape index (κ2) is 5.53. The van der Waals surface area contributed by atoms with Gasteiger partial charge in [0.1, 0.15) is 0 Å². The van der Waals surface area contributed by atoms with Crippen molar-refractivity contribution in [3.05, 3.63) is 28.9 Å². The van der Waals surface area contributed by atoms with Gasteiger partial charge >= 0.3 is 0 Å². The summed E-state index contributed by atoms with van der Waals surface area (Å²) < 4.78 is 1.78. The van der Waals surface area contributed by atoms with E-state index < -0.39 is 5.91 Å². The molecule has 116 valence electrons. The predicted octanol–water partition coefficient (Wildman–Crippen LogP) is 1.75. The van der Waals surface area contributed by atoms with E-state index >= 15 is 0 Å². The standard InChI is InChI=1S/C15H17ClN4O2/c16-9-3-4-10-11(5-9)14(22)20(7-8-1-2-8)12(10)6-13(21)19-15(17)18/h3-5,8,22H,1-2,6-7H2,(H4,17,18,19,21). The van der Waals surface area contributed by atoms with E-state index in [2.05, 4.69) is 4.99 Å². The largest absolute Gasteiger partial charge is 0.494 e. The van der Waals surface area contributed by atoms with E-state index in [-0.39, 0.29) is 18.3 Å². The average Bonchev–Trinajstić information content (AvgIpc) is 3.21. The molecule has 2 aromatic rings. The molecule has 1 saturated carbocycles. The van der Waals surface area contributed by atoms with Gasteiger partial charge in [-0.15, -0.1) is 0 Å². The first kappa shape index (κ1) is 14.7. The van der Waals surface area contributed by atoms with Crippen molar-refractivity contribution < 1.29 is 9.90 Å². The highest BCUT2D eigenvalue weighted by Gasteiger charge is 2.26. The summed E-state index contributed by atoms with van der Waals surface area (Å²) in [6.45, 7) is 0.683. The molecule has 0 spiro atoms. The molecule has 1 fully saturated rings. The van der Waals surface area contributed by atoms with Crippen LogP contribution in [0, 0.1) is 5.92 Å². The average molecular weight is 321 g/mol. The van der Waals surface area contributed by atoms with Crippen LogP contribution in [-0.2, 0) is 17.8 Å². The van der Waals surface area contributed by atoms with Gasteiger partial charge in [0.15, 0.2) is 11.8 Å². The Balaban J connectivity index is 2.08. The molecule has 1 amide bonds. The van der Waals surface area contributed by atoms with Gasteiger partial charge in [0.05, 0.1) is 6.42 Å². The Kier molecular flexibility index (Phi) is 3.70. The minimum atomic E-state index is -0.439. The second-order valence-corrected chi connectivity index (χ2v) is 6.06. The van der Waals surface area contributed by atoms with Gasteiger partial charge < -0.3 is 21.1 Å². The molecule has 1 aliphatic carbocycles. The fourth-order valence-electron chi connectivity index (χ4n) is 2.64. The van der Waals surface area contributed by atoms with Crippen LogP contribution in [0.4, 0.5) is 0 Å². The van der Waals surface area contributed by atoms with Gasteiger partial charge in [-0.1, -0.05) is 17.7 Å². The number of aliphatic imine (C=N–C) groups is 1. The SMILES string of the molecule is NC(N)=NC(=O)Cc1c2ccc(Cl)cc2c(O)n1CC1CC1. The fourth-order valence-corrected chi connectivity index (χ4v) is 2.82. The third-order valence-electron chi connectivity index (χ3n) is 3.83. The van der Waals surface area contributed by atoms with Crippen molar-refractivity contribution >= 4 is 34.2 Å². The Morgan fingerprint density at radius 1 is 1.36 bits per heavy atom. The van der Waals surface area contributed by atoms with E-state index in [4.69, 9.17) is 23.1 Å². The minimum Gasteiger partial charge on any atom is -0.494 e. The summed E-state index contributed by atoms with van der Waals surface area (Å²) in [5.41, 5.74) is 11.2. The number of fused-ring (bicyclic) bond motifs is 1. The normalized spacial score (nSPS) is 14.2. The summed E-state index contributed by atoms with van der Waals surface area (Å²) in [7, 11) is 0. The zero-order valence-corrected chi connectivity index (χ0v) is 12.7. The summed E-state index contributed by atoms with van der Waals surface area (Å²) in [6, 6.07) is 5.24. The van der Waals surface area contributed by atoms with Crippen LogP contribution < -0.4 is 11.5 Å². The van der Waals surface area contributed by atoms with Crippen molar-refractivity contribution in [2.24, 2.45) is 22.4 Å². The number of nitrogens with zero attached hydrogens (tertiary/aromatic N) is 2. The highest BCUT2D eigenvalue weighted by Crippen LogP contribution is 2.38. The van der Waals surface area contributed by atoms with Crippen LogP contribution in [0.5, 0.6) is 5.88 Å². The molecule has 0 unspecified atom stereocenters. The number of carbonyl (C=O) groups excluding carboxylic acids is 1. The maximum atomic E-state index is 11.9. The van der Waals surface area contributed by atoms with Crippen LogP contribution in [-0.4, -0.2) is 21.5 Å². The maximum Gasteiger partial charge on any atom is 0.254 e. The number of aromatic hydroxyl groups is 1. The van der Waals surface area contributed by atoms with Crippen molar-refractivity contribution in [1.82, 2.24) is 4.57 Å². The van der Waals surface area contributed by atoms with E-state index in [1.165, 1.54) is 0 Å². The van der Waals surface area contributed by atoms with Gasteiger partial charge in [0.25, 0.3) is 5.91 Å². The summed E-state index contributed by atoms with van der Waals surface area (Å²) in [5.74, 6) is -0.0229. The quantitative estimate of drug-likeness (QED) is 0.589. The topological polar surface area (TPSA) is 107 Å². The van der Waals surface area contributed by atoms with E-state index in [9.17, 15) is 9.90 Å². The third-order valence-corrected chi connectivity index (χ3v) is 4.06. The lowest BCUT2D eigenvalue weighted by atomic mass is 10.1. The van der Waals surface area contributed by atoms with Crippen molar-refractivity contribution in [3.63, 3.8) is 0 Å². The zero-order valence-electron chi connectivity index (χ0n) is 11.9. The van der Waals surface area contributed by atoms with Crippen molar-refractivity contribution in [2.75, 3.05) is 0 Å². The Bertz CT molecular complexity index is 773. The molecule has 6 nitrogen and oxygen atoms in total. The van der Waals surface area contributed by atoms with Gasteiger partial charge in [-0.2, -0.15) is 4.99 Å². The molecular weight excluding hydrogens is 304 g/mol. The molecule has 3 rings (SSSR count). The molecule has 0 atom stereocenters. The lowest BCUT2D eigenvalue weighted by molar-refractivity contribution is -0.117. The summed E-state index contributed by atoms with van der Waals surface area (Å²) in [4.78, 5) is 15.5. The highest BCUT2D eigenvalue weighted by atomic mass is 35.5. The first-order chi connectivity index (χ1) is 10.5. The molecule has 1 heterocycles. The molecule has 0 saturated heterocycles. The van der Waals surface area contributed by atoms with Gasteiger partial charge in [0, 0.05) is 28.0 Å². The molecule has 1 aromatic heterocycles. The third kappa shape index (κ3) is 2.87. The van der Waals surface area contributed by atoms with Crippen LogP contribution in [0.15, 0.2) is 23.2 Å². The van der Waals surface area contributed by atoms with E-state index in [1.807, 2.05) is 0 Å². The molecule has 7 heteroatoms. The predicted molar refractivity (Wildman–Crippen MR) is 85.9 cm³/mol. The van der Waals surface area contributed by atoms with Crippen LogP contribution in [0.1, 0.15) is 18.5 Å². The van der Waals surface area contributed by atoms with Gasteiger partial charge in [-0.3, -0.25) is 4.79 Å². The molecule has 0 aliphatic heterocycles. The van der Waals surface area contributed by atoms with Crippen LogP contribution in [0.3, 0.4) is 0 Å². The number of hydrogen-bond donors (Lipinski definition) is 3. The van der Waals surface area contributed by atoms with E-state index in [0.717, 1.165) is 18.2 Å². The zero-order chi connectivity index (χ0) is 15.9. The summed E-state index contributed by atoms with van der Waals surface area (Å²) in [5, 5.41) is 12.4. The number of halogens is 1. The van der Waals surface area contributed by atoms with Gasteiger partial charge in [0.2, 0.25) is 0 Å².